The second-order valence-corrected chi connectivity index (χ2v) is 5.77. The van der Waals surface area contributed by atoms with E-state index in [-0.39, 0.29) is 5.91 Å². The molecule has 0 atom stereocenters. The molecule has 0 aliphatic rings. The number of fused-ring (bicyclic) bond motifs is 1. The highest BCUT2D eigenvalue weighted by atomic mass is 16.1. The standard InChI is InChI=1S/C17H21N5O/c1-11-13(12(2)21-20-11)8-9-17(23)18-10-16-19-14-6-4-5-7-15(14)22(16)3/h4-7H,8-10H2,1-3H3,(H,18,23)(H,20,21). The summed E-state index contributed by atoms with van der Waals surface area (Å²) in [5, 5.41) is 10.0. The van der Waals surface area contributed by atoms with E-state index in [0.717, 1.165) is 33.8 Å². The third-order valence-electron chi connectivity index (χ3n) is 4.21. The van der Waals surface area contributed by atoms with Gasteiger partial charge >= 0.3 is 0 Å². The minimum Gasteiger partial charge on any atom is -0.349 e. The van der Waals surface area contributed by atoms with E-state index in [4.69, 9.17) is 0 Å². The van der Waals surface area contributed by atoms with Gasteiger partial charge in [-0.05, 0) is 38.0 Å². The molecule has 23 heavy (non-hydrogen) atoms. The summed E-state index contributed by atoms with van der Waals surface area (Å²) in [5.41, 5.74) is 5.14. The lowest BCUT2D eigenvalue weighted by Gasteiger charge is -2.06. The number of para-hydroxylation sites is 2. The fraction of sp³-hybridized carbons (Fsp3) is 0.353. The lowest BCUT2D eigenvalue weighted by molar-refractivity contribution is -0.121. The number of aryl methyl sites for hydroxylation is 3. The maximum atomic E-state index is 12.1. The molecule has 0 saturated heterocycles. The van der Waals surface area contributed by atoms with Crippen LogP contribution in [0, 0.1) is 13.8 Å². The first-order valence-corrected chi connectivity index (χ1v) is 7.73. The van der Waals surface area contributed by atoms with Crippen LogP contribution in [0.3, 0.4) is 0 Å². The first-order valence-electron chi connectivity index (χ1n) is 7.73. The maximum absolute atomic E-state index is 12.1. The molecule has 6 heteroatoms. The Morgan fingerprint density at radius 2 is 2.09 bits per heavy atom. The van der Waals surface area contributed by atoms with Gasteiger partial charge in [0.05, 0.1) is 23.3 Å². The van der Waals surface area contributed by atoms with E-state index in [1.807, 2.05) is 49.7 Å². The van der Waals surface area contributed by atoms with Gasteiger partial charge in [0.2, 0.25) is 5.91 Å². The fourth-order valence-electron chi connectivity index (χ4n) is 2.80. The molecule has 0 aliphatic heterocycles. The van der Waals surface area contributed by atoms with Gasteiger partial charge in [-0.15, -0.1) is 0 Å². The van der Waals surface area contributed by atoms with Crippen LogP contribution in [0.15, 0.2) is 24.3 Å². The lowest BCUT2D eigenvalue weighted by Crippen LogP contribution is -2.24. The van der Waals surface area contributed by atoms with Crippen molar-refractivity contribution in [2.24, 2.45) is 7.05 Å². The second kappa shape index (κ2) is 6.24. The monoisotopic (exact) mass is 311 g/mol. The van der Waals surface area contributed by atoms with Crippen molar-refractivity contribution in [2.45, 2.75) is 33.2 Å². The van der Waals surface area contributed by atoms with Crippen molar-refractivity contribution in [2.75, 3.05) is 0 Å². The zero-order valence-electron chi connectivity index (χ0n) is 13.7. The van der Waals surface area contributed by atoms with Crippen LogP contribution in [-0.4, -0.2) is 25.7 Å². The zero-order chi connectivity index (χ0) is 16.4. The van der Waals surface area contributed by atoms with Gasteiger partial charge in [-0.3, -0.25) is 9.89 Å². The molecule has 2 aromatic heterocycles. The molecular weight excluding hydrogens is 290 g/mol. The molecule has 2 N–H and O–H groups in total. The highest BCUT2D eigenvalue weighted by Gasteiger charge is 2.11. The van der Waals surface area contributed by atoms with Crippen LogP contribution in [-0.2, 0) is 24.8 Å². The van der Waals surface area contributed by atoms with Gasteiger partial charge in [0, 0.05) is 19.2 Å². The number of imidazole rings is 1. The van der Waals surface area contributed by atoms with Gasteiger partial charge in [-0.25, -0.2) is 4.98 Å². The van der Waals surface area contributed by atoms with Gasteiger partial charge in [-0.2, -0.15) is 5.10 Å². The highest BCUT2D eigenvalue weighted by Crippen LogP contribution is 2.14. The molecule has 1 aromatic carbocycles. The van der Waals surface area contributed by atoms with E-state index in [1.54, 1.807) is 0 Å². The average molecular weight is 311 g/mol. The Bertz CT molecular complexity index is 826. The quantitative estimate of drug-likeness (QED) is 0.758. The van der Waals surface area contributed by atoms with Crippen LogP contribution in [0.2, 0.25) is 0 Å². The number of hydrogen-bond acceptors (Lipinski definition) is 3. The van der Waals surface area contributed by atoms with Gasteiger partial charge in [-0.1, -0.05) is 12.1 Å². The summed E-state index contributed by atoms with van der Waals surface area (Å²) in [6.07, 6.45) is 1.15. The van der Waals surface area contributed by atoms with Crippen LogP contribution in [0.25, 0.3) is 11.0 Å². The van der Waals surface area contributed by atoms with E-state index in [1.165, 1.54) is 0 Å². The summed E-state index contributed by atoms with van der Waals surface area (Å²) >= 11 is 0. The van der Waals surface area contributed by atoms with Crippen molar-refractivity contribution in [1.82, 2.24) is 25.1 Å². The maximum Gasteiger partial charge on any atom is 0.220 e. The Hall–Kier alpha value is -2.63. The molecule has 0 fully saturated rings. The number of carbonyl (C=O) groups is 1. The van der Waals surface area contributed by atoms with Gasteiger partial charge < -0.3 is 9.88 Å². The Balaban J connectivity index is 1.59. The van der Waals surface area contributed by atoms with E-state index >= 15 is 0 Å². The molecular formula is C17H21N5O. The number of aromatic amines is 1. The summed E-state index contributed by atoms with van der Waals surface area (Å²) in [6, 6.07) is 7.96. The van der Waals surface area contributed by atoms with Crippen LogP contribution in [0.4, 0.5) is 0 Å². The summed E-state index contributed by atoms with van der Waals surface area (Å²) in [4.78, 5) is 16.6. The van der Waals surface area contributed by atoms with Crippen molar-refractivity contribution in [3.8, 4) is 0 Å². The first-order chi connectivity index (χ1) is 11.1. The smallest absolute Gasteiger partial charge is 0.220 e. The van der Waals surface area contributed by atoms with Crippen LogP contribution < -0.4 is 5.32 Å². The minimum absolute atomic E-state index is 0.0251. The Kier molecular flexibility index (Phi) is 4.14. The molecule has 3 rings (SSSR count). The molecule has 0 saturated carbocycles. The van der Waals surface area contributed by atoms with Crippen LogP contribution in [0.5, 0.6) is 0 Å². The van der Waals surface area contributed by atoms with Crippen molar-refractivity contribution < 1.29 is 4.79 Å². The van der Waals surface area contributed by atoms with Gasteiger partial charge in [0.15, 0.2) is 0 Å². The molecule has 3 aromatic rings. The first kappa shape index (κ1) is 15.3. The fourth-order valence-corrected chi connectivity index (χ4v) is 2.80. The lowest BCUT2D eigenvalue weighted by atomic mass is 10.1. The molecule has 0 radical (unpaired) electrons. The third-order valence-corrected chi connectivity index (χ3v) is 4.21. The number of H-pyrrole nitrogens is 1. The summed E-state index contributed by atoms with van der Waals surface area (Å²) in [7, 11) is 1.97. The van der Waals surface area contributed by atoms with Gasteiger partial charge in [0.25, 0.3) is 0 Å². The van der Waals surface area contributed by atoms with Crippen molar-refractivity contribution in [1.29, 1.82) is 0 Å². The number of nitrogens with zero attached hydrogens (tertiary/aromatic N) is 3. The minimum atomic E-state index is 0.0251. The number of rotatable bonds is 5. The summed E-state index contributed by atoms with van der Waals surface area (Å²) in [5.74, 6) is 0.882. The second-order valence-electron chi connectivity index (χ2n) is 5.77. The Labute approximate surface area is 134 Å². The predicted octanol–water partition coefficient (Wildman–Crippen LogP) is 2.16. The van der Waals surface area contributed by atoms with Crippen molar-refractivity contribution >= 4 is 16.9 Å². The molecule has 1 amide bonds. The number of carbonyl (C=O) groups excluding carboxylic acids is 1. The normalized spacial score (nSPS) is 11.1. The molecule has 0 unspecified atom stereocenters. The highest BCUT2D eigenvalue weighted by molar-refractivity contribution is 5.77. The topological polar surface area (TPSA) is 75.6 Å². The number of benzene rings is 1. The Morgan fingerprint density at radius 1 is 1.30 bits per heavy atom. The van der Waals surface area contributed by atoms with E-state index < -0.39 is 0 Å². The number of amides is 1. The summed E-state index contributed by atoms with van der Waals surface area (Å²) < 4.78 is 2.01. The number of nitrogens with one attached hydrogen (secondary N) is 2. The number of hydrogen-bond donors (Lipinski definition) is 2. The van der Waals surface area contributed by atoms with Crippen molar-refractivity contribution in [3.05, 3.63) is 47.0 Å². The Morgan fingerprint density at radius 3 is 2.78 bits per heavy atom. The molecule has 2 heterocycles. The van der Waals surface area contributed by atoms with E-state index in [0.29, 0.717) is 19.4 Å². The molecule has 0 aliphatic carbocycles. The number of aromatic nitrogens is 4. The van der Waals surface area contributed by atoms with E-state index in [9.17, 15) is 4.79 Å². The molecule has 6 nitrogen and oxygen atoms in total. The molecule has 120 valence electrons. The summed E-state index contributed by atoms with van der Waals surface area (Å²) in [6.45, 7) is 4.37. The average Bonchev–Trinajstić information content (AvgIpc) is 3.04. The zero-order valence-corrected chi connectivity index (χ0v) is 13.7. The van der Waals surface area contributed by atoms with Crippen LogP contribution >= 0.6 is 0 Å². The largest absolute Gasteiger partial charge is 0.349 e. The van der Waals surface area contributed by atoms with Crippen molar-refractivity contribution in [3.63, 3.8) is 0 Å². The predicted molar refractivity (Wildman–Crippen MR) is 88.9 cm³/mol. The van der Waals surface area contributed by atoms with Crippen LogP contribution in [0.1, 0.15) is 29.2 Å². The van der Waals surface area contributed by atoms with E-state index in [2.05, 4.69) is 20.5 Å². The third kappa shape index (κ3) is 3.11. The molecule has 0 spiro atoms. The van der Waals surface area contributed by atoms with Gasteiger partial charge in [0.1, 0.15) is 5.82 Å². The molecule has 0 bridgehead atoms. The SMILES string of the molecule is Cc1n[nH]c(C)c1CCC(=O)NCc1nc2ccccc2n1C.